The highest BCUT2D eigenvalue weighted by molar-refractivity contribution is 6.03. The quantitative estimate of drug-likeness (QED) is 0.713. The Kier molecular flexibility index (Phi) is 5.42. The zero-order valence-electron chi connectivity index (χ0n) is 16.6. The second-order valence-electron chi connectivity index (χ2n) is 7.36. The summed E-state index contributed by atoms with van der Waals surface area (Å²) in [6, 6.07) is 15.7. The smallest absolute Gasteiger partial charge is 0.258 e. The molecule has 0 saturated heterocycles. The average molecular weight is 388 g/mol. The minimum absolute atomic E-state index is 0.111. The zero-order valence-corrected chi connectivity index (χ0v) is 16.6. The van der Waals surface area contributed by atoms with Gasteiger partial charge in [0.2, 0.25) is 5.95 Å². The number of anilines is 2. The Bertz CT molecular complexity index is 985. The van der Waals surface area contributed by atoms with E-state index in [1.807, 2.05) is 38.1 Å². The molecule has 0 spiro atoms. The molecule has 2 aromatic carbocycles. The van der Waals surface area contributed by atoms with Gasteiger partial charge in [-0.05, 0) is 55.7 Å². The number of aromatic nitrogens is 2. The van der Waals surface area contributed by atoms with E-state index in [-0.39, 0.29) is 12.0 Å². The second kappa shape index (κ2) is 8.31. The molecule has 1 N–H and O–H groups in total. The van der Waals surface area contributed by atoms with Crippen LogP contribution in [0.1, 0.15) is 35.3 Å². The van der Waals surface area contributed by atoms with Crippen LogP contribution in [0.4, 0.5) is 11.6 Å². The molecular formula is C23H24N4O2. The molecule has 0 radical (unpaired) electrons. The van der Waals surface area contributed by atoms with Crippen molar-refractivity contribution in [2.75, 3.05) is 16.8 Å². The van der Waals surface area contributed by atoms with Crippen LogP contribution in [0.15, 0.2) is 60.9 Å². The van der Waals surface area contributed by atoms with Crippen molar-refractivity contribution < 1.29 is 9.53 Å². The van der Waals surface area contributed by atoms with Gasteiger partial charge in [0.05, 0.1) is 11.7 Å². The molecule has 0 aliphatic carbocycles. The summed E-state index contributed by atoms with van der Waals surface area (Å²) in [7, 11) is 0. The molecule has 0 unspecified atom stereocenters. The molecule has 1 amide bonds. The van der Waals surface area contributed by atoms with Gasteiger partial charge in [0.15, 0.2) is 0 Å². The number of hydrogen-bond acceptors (Lipinski definition) is 5. The molecule has 0 saturated carbocycles. The van der Waals surface area contributed by atoms with E-state index in [0.29, 0.717) is 17.2 Å². The predicted octanol–water partition coefficient (Wildman–Crippen LogP) is 4.08. The van der Waals surface area contributed by atoms with Crippen molar-refractivity contribution in [3.63, 3.8) is 0 Å². The van der Waals surface area contributed by atoms with E-state index in [2.05, 4.69) is 44.5 Å². The molecule has 1 aromatic heterocycles. The second-order valence-corrected chi connectivity index (χ2v) is 7.36. The van der Waals surface area contributed by atoms with Gasteiger partial charge >= 0.3 is 0 Å². The number of nitrogens with one attached hydrogen (secondary N) is 1. The molecular weight excluding hydrogens is 364 g/mol. The highest BCUT2D eigenvalue weighted by Gasteiger charge is 2.18. The summed E-state index contributed by atoms with van der Waals surface area (Å²) < 4.78 is 5.61. The third-order valence-corrected chi connectivity index (χ3v) is 4.80. The van der Waals surface area contributed by atoms with E-state index in [1.54, 1.807) is 12.4 Å². The Labute approximate surface area is 170 Å². The summed E-state index contributed by atoms with van der Waals surface area (Å²) in [5, 5.41) is 2.86. The maximum absolute atomic E-state index is 12.5. The summed E-state index contributed by atoms with van der Waals surface area (Å²) >= 11 is 0. The molecule has 0 atom stereocenters. The molecule has 1 aliphatic rings. The summed E-state index contributed by atoms with van der Waals surface area (Å²) in [4.78, 5) is 23.5. The van der Waals surface area contributed by atoms with Crippen LogP contribution in [0.2, 0.25) is 0 Å². The van der Waals surface area contributed by atoms with Crippen LogP contribution in [0.25, 0.3) is 0 Å². The lowest BCUT2D eigenvalue weighted by Gasteiger charge is -2.28. The number of amides is 1. The third-order valence-electron chi connectivity index (χ3n) is 4.80. The number of rotatable bonds is 5. The number of benzene rings is 2. The minimum atomic E-state index is -0.238. The molecule has 1 aliphatic heterocycles. The normalized spacial score (nSPS) is 13.1. The lowest BCUT2D eigenvalue weighted by Crippen LogP contribution is -2.31. The topological polar surface area (TPSA) is 67.3 Å². The van der Waals surface area contributed by atoms with Crippen molar-refractivity contribution in [2.45, 2.75) is 32.9 Å². The highest BCUT2D eigenvalue weighted by Crippen LogP contribution is 2.22. The Balaban J connectivity index is 1.39. The Hall–Kier alpha value is -3.41. The largest absolute Gasteiger partial charge is 0.491 e. The van der Waals surface area contributed by atoms with Gasteiger partial charge in [-0.3, -0.25) is 4.79 Å². The van der Waals surface area contributed by atoms with E-state index in [1.165, 1.54) is 11.1 Å². The van der Waals surface area contributed by atoms with Crippen LogP contribution < -0.4 is 15.0 Å². The van der Waals surface area contributed by atoms with Gasteiger partial charge in [0.25, 0.3) is 5.91 Å². The van der Waals surface area contributed by atoms with Crippen molar-refractivity contribution in [1.82, 2.24) is 9.97 Å². The van der Waals surface area contributed by atoms with Crippen LogP contribution in [0, 0.1) is 0 Å². The summed E-state index contributed by atoms with van der Waals surface area (Å²) in [5.74, 6) is 1.18. The van der Waals surface area contributed by atoms with E-state index >= 15 is 0 Å². The van der Waals surface area contributed by atoms with Crippen LogP contribution in [0.3, 0.4) is 0 Å². The van der Waals surface area contributed by atoms with Crippen LogP contribution in [-0.2, 0) is 13.0 Å². The summed E-state index contributed by atoms with van der Waals surface area (Å²) in [5.41, 5.74) is 3.80. The van der Waals surface area contributed by atoms with Gasteiger partial charge in [-0.25, -0.2) is 9.97 Å². The first-order chi connectivity index (χ1) is 14.1. The zero-order chi connectivity index (χ0) is 20.2. The molecule has 148 valence electrons. The molecule has 6 nitrogen and oxygen atoms in total. The number of carbonyl (C=O) groups is 1. The van der Waals surface area contributed by atoms with Crippen molar-refractivity contribution in [3.05, 3.63) is 77.6 Å². The van der Waals surface area contributed by atoms with Gasteiger partial charge in [0, 0.05) is 31.2 Å². The van der Waals surface area contributed by atoms with Gasteiger partial charge in [-0.2, -0.15) is 0 Å². The highest BCUT2D eigenvalue weighted by atomic mass is 16.5. The maximum atomic E-state index is 12.5. The fourth-order valence-corrected chi connectivity index (χ4v) is 3.36. The van der Waals surface area contributed by atoms with E-state index in [9.17, 15) is 4.79 Å². The number of hydrogen-bond donors (Lipinski definition) is 1. The van der Waals surface area contributed by atoms with Crippen molar-refractivity contribution >= 4 is 17.5 Å². The first-order valence-corrected chi connectivity index (χ1v) is 9.80. The first-order valence-electron chi connectivity index (χ1n) is 9.80. The van der Waals surface area contributed by atoms with E-state index in [0.717, 1.165) is 25.3 Å². The predicted molar refractivity (Wildman–Crippen MR) is 113 cm³/mol. The first kappa shape index (κ1) is 18.9. The number of nitrogens with zero attached hydrogens (tertiary/aromatic N) is 3. The van der Waals surface area contributed by atoms with Gasteiger partial charge in [-0.1, -0.05) is 24.3 Å². The lowest BCUT2D eigenvalue weighted by atomic mass is 10.0. The van der Waals surface area contributed by atoms with Gasteiger partial charge in [-0.15, -0.1) is 0 Å². The molecule has 0 bridgehead atoms. The van der Waals surface area contributed by atoms with Gasteiger partial charge < -0.3 is 15.0 Å². The van der Waals surface area contributed by atoms with Crippen LogP contribution >= 0.6 is 0 Å². The van der Waals surface area contributed by atoms with Crippen LogP contribution in [0.5, 0.6) is 5.75 Å². The minimum Gasteiger partial charge on any atom is -0.491 e. The fraction of sp³-hybridized carbons (Fsp3) is 0.261. The summed E-state index contributed by atoms with van der Waals surface area (Å²) in [6.45, 7) is 5.60. The molecule has 6 heteroatoms. The Morgan fingerprint density at radius 2 is 1.72 bits per heavy atom. The average Bonchev–Trinajstić information content (AvgIpc) is 2.74. The molecule has 29 heavy (non-hydrogen) atoms. The molecule has 2 heterocycles. The molecule has 3 aromatic rings. The monoisotopic (exact) mass is 388 g/mol. The van der Waals surface area contributed by atoms with Crippen molar-refractivity contribution in [1.29, 1.82) is 0 Å². The number of carbonyl (C=O) groups excluding carboxylic acids is 1. The maximum Gasteiger partial charge on any atom is 0.258 e. The van der Waals surface area contributed by atoms with Crippen LogP contribution in [-0.4, -0.2) is 28.5 Å². The van der Waals surface area contributed by atoms with Crippen molar-refractivity contribution in [3.8, 4) is 5.75 Å². The van der Waals surface area contributed by atoms with Gasteiger partial charge in [0.1, 0.15) is 5.75 Å². The number of ether oxygens (including phenoxy) is 1. The van der Waals surface area contributed by atoms with E-state index in [4.69, 9.17) is 4.74 Å². The Morgan fingerprint density at radius 1 is 1.03 bits per heavy atom. The standard InChI is InChI=1S/C23H24N4O2/c1-16(2)29-21-9-7-20(8-10-21)26-22(28)19-13-24-23(25-14-19)27-12-11-17-5-3-4-6-18(17)15-27/h3-10,13-14,16H,11-12,15H2,1-2H3,(H,26,28). The molecule has 4 rings (SSSR count). The SMILES string of the molecule is CC(C)Oc1ccc(NC(=O)c2cnc(N3CCc4ccccc4C3)nc2)cc1. The third kappa shape index (κ3) is 4.54. The van der Waals surface area contributed by atoms with E-state index < -0.39 is 0 Å². The number of fused-ring (bicyclic) bond motifs is 1. The Morgan fingerprint density at radius 3 is 2.41 bits per heavy atom. The fourth-order valence-electron chi connectivity index (χ4n) is 3.36. The summed E-state index contributed by atoms with van der Waals surface area (Å²) in [6.07, 6.45) is 4.24. The lowest BCUT2D eigenvalue weighted by molar-refractivity contribution is 0.102. The van der Waals surface area contributed by atoms with Crippen molar-refractivity contribution in [2.24, 2.45) is 0 Å². The molecule has 0 fully saturated rings.